The predicted octanol–water partition coefficient (Wildman–Crippen LogP) is 1.67. The van der Waals surface area contributed by atoms with Crippen LogP contribution < -0.4 is 10.6 Å². The Kier molecular flexibility index (Phi) is 4.48. The smallest absolute Gasteiger partial charge is 0.276 e. The molecule has 0 fully saturated rings. The van der Waals surface area contributed by atoms with Crippen LogP contribution in [-0.4, -0.2) is 50.6 Å². The number of allylic oxidation sites excluding steroid dienone is 1. The van der Waals surface area contributed by atoms with Gasteiger partial charge in [0, 0.05) is 12.8 Å². The number of aliphatic imine (C=N–C) groups is 1. The lowest BCUT2D eigenvalue weighted by molar-refractivity contribution is 0.0933. The van der Waals surface area contributed by atoms with Crippen LogP contribution in [0.5, 0.6) is 0 Å². The van der Waals surface area contributed by atoms with Gasteiger partial charge in [0.05, 0.1) is 23.4 Å². The number of imidazole rings is 2. The number of carbonyl (C=O) groups excluding carboxylic acids is 2. The molecule has 2 amide bonds. The molecule has 2 aromatic heterocycles. The van der Waals surface area contributed by atoms with Gasteiger partial charge in [-0.2, -0.15) is 0 Å². The number of para-hydroxylation sites is 2. The molecule has 0 aliphatic carbocycles. The number of nitrogens with zero attached hydrogens (tertiary/aromatic N) is 3. The summed E-state index contributed by atoms with van der Waals surface area (Å²) in [6.07, 6.45) is 7.64. The Labute approximate surface area is 154 Å². The lowest BCUT2D eigenvalue weighted by atomic mass is 10.1. The van der Waals surface area contributed by atoms with Gasteiger partial charge in [-0.1, -0.05) is 18.2 Å². The van der Waals surface area contributed by atoms with E-state index in [4.69, 9.17) is 0 Å². The molecule has 9 heteroatoms. The van der Waals surface area contributed by atoms with E-state index < -0.39 is 11.8 Å². The molecule has 0 radical (unpaired) electrons. The first-order valence-corrected chi connectivity index (χ1v) is 8.46. The van der Waals surface area contributed by atoms with Crippen molar-refractivity contribution in [2.24, 2.45) is 4.99 Å². The Bertz CT molecular complexity index is 1010. The summed E-state index contributed by atoms with van der Waals surface area (Å²) in [5, 5.41) is 5.41. The van der Waals surface area contributed by atoms with Crippen LogP contribution >= 0.6 is 0 Å². The summed E-state index contributed by atoms with van der Waals surface area (Å²) >= 11 is 0. The molecule has 0 saturated carbocycles. The average Bonchev–Trinajstić information content (AvgIpc) is 3.33. The number of hydrogen-bond acceptors (Lipinski definition) is 5. The van der Waals surface area contributed by atoms with Crippen LogP contribution in [0.2, 0.25) is 0 Å². The van der Waals surface area contributed by atoms with E-state index in [0.29, 0.717) is 12.5 Å². The topological polar surface area (TPSA) is 128 Å². The second kappa shape index (κ2) is 7.24. The number of H-pyrrole nitrogens is 2. The van der Waals surface area contributed by atoms with Gasteiger partial charge < -0.3 is 15.3 Å². The zero-order valence-electron chi connectivity index (χ0n) is 14.3. The number of anilines is 1. The molecule has 1 unspecified atom stereocenters. The lowest BCUT2D eigenvalue weighted by Crippen LogP contribution is -2.33. The third-order valence-electron chi connectivity index (χ3n) is 4.13. The lowest BCUT2D eigenvalue weighted by Gasteiger charge is -2.13. The van der Waals surface area contributed by atoms with Gasteiger partial charge in [0.2, 0.25) is 5.95 Å². The van der Waals surface area contributed by atoms with Gasteiger partial charge in [0.1, 0.15) is 5.69 Å². The minimum Gasteiger partial charge on any atom is -0.348 e. The number of rotatable bonds is 5. The molecule has 1 aliphatic rings. The van der Waals surface area contributed by atoms with Gasteiger partial charge in [0.25, 0.3) is 11.8 Å². The normalized spacial score (nSPS) is 15.8. The fourth-order valence-electron chi connectivity index (χ4n) is 2.78. The number of nitrogens with one attached hydrogen (secondary N) is 4. The highest BCUT2D eigenvalue weighted by atomic mass is 16.2. The first-order chi connectivity index (χ1) is 13.2. The van der Waals surface area contributed by atoms with E-state index in [-0.39, 0.29) is 17.4 Å². The predicted molar refractivity (Wildman–Crippen MR) is 101 cm³/mol. The van der Waals surface area contributed by atoms with E-state index in [9.17, 15) is 9.59 Å². The fourth-order valence-corrected chi connectivity index (χ4v) is 2.78. The number of amides is 2. The molecular weight excluding hydrogens is 346 g/mol. The highest BCUT2D eigenvalue weighted by molar-refractivity contribution is 6.09. The Balaban J connectivity index is 1.44. The molecule has 0 spiro atoms. The molecule has 9 nitrogen and oxygen atoms in total. The minimum absolute atomic E-state index is 0.00860. The number of benzene rings is 1. The maximum atomic E-state index is 12.5. The van der Waals surface area contributed by atoms with Crippen LogP contribution in [0.1, 0.15) is 27.4 Å². The van der Waals surface area contributed by atoms with Crippen molar-refractivity contribution in [1.29, 1.82) is 0 Å². The monoisotopic (exact) mass is 363 g/mol. The summed E-state index contributed by atoms with van der Waals surface area (Å²) < 4.78 is 0. The van der Waals surface area contributed by atoms with Crippen molar-refractivity contribution in [3.8, 4) is 0 Å². The minimum atomic E-state index is -0.504. The van der Waals surface area contributed by atoms with Gasteiger partial charge >= 0.3 is 0 Å². The highest BCUT2D eigenvalue weighted by Crippen LogP contribution is 2.14. The summed E-state index contributed by atoms with van der Waals surface area (Å²) in [5.74, 6) is -0.642. The maximum absolute atomic E-state index is 12.5. The van der Waals surface area contributed by atoms with Crippen molar-refractivity contribution in [2.45, 2.75) is 12.5 Å². The van der Waals surface area contributed by atoms with Crippen molar-refractivity contribution in [1.82, 2.24) is 25.3 Å². The third kappa shape index (κ3) is 3.61. The van der Waals surface area contributed by atoms with Crippen LogP contribution in [-0.2, 0) is 0 Å². The molecule has 0 bridgehead atoms. The van der Waals surface area contributed by atoms with Gasteiger partial charge in [-0.3, -0.25) is 19.9 Å². The molecule has 0 saturated heterocycles. The largest absolute Gasteiger partial charge is 0.348 e. The molecule has 4 N–H and O–H groups in total. The number of fused-ring (bicyclic) bond motifs is 1. The molecule has 3 heterocycles. The molecular formula is C18H17N7O2. The van der Waals surface area contributed by atoms with Gasteiger partial charge in [-0.25, -0.2) is 9.97 Å². The first kappa shape index (κ1) is 16.7. The summed E-state index contributed by atoms with van der Waals surface area (Å²) in [6, 6.07) is 7.41. The van der Waals surface area contributed by atoms with Crippen LogP contribution in [0, 0.1) is 0 Å². The zero-order valence-corrected chi connectivity index (χ0v) is 14.3. The van der Waals surface area contributed by atoms with Crippen LogP contribution in [0.4, 0.5) is 5.95 Å². The molecule has 27 heavy (non-hydrogen) atoms. The van der Waals surface area contributed by atoms with Crippen LogP contribution in [0.3, 0.4) is 0 Å². The Hall–Kier alpha value is -3.75. The summed E-state index contributed by atoms with van der Waals surface area (Å²) in [7, 11) is 0. The number of hydrogen-bond donors (Lipinski definition) is 4. The standard InChI is InChI=1S/C18H17N7O2/c26-16(20-9-11-5-3-4-8-19-11)14-15(22-10-21-14)17(27)25-18-23-12-6-1-2-7-13(12)24-18/h1-4,6-8,10-11H,5,9H2,(H,20,26)(H,21,22)(H2,23,24,25,27). The number of aromatic nitrogens is 4. The third-order valence-corrected chi connectivity index (χ3v) is 4.13. The van der Waals surface area contributed by atoms with Crippen molar-refractivity contribution < 1.29 is 9.59 Å². The maximum Gasteiger partial charge on any atom is 0.276 e. The molecule has 3 aromatic rings. The Morgan fingerprint density at radius 1 is 1.22 bits per heavy atom. The Morgan fingerprint density at radius 3 is 2.93 bits per heavy atom. The van der Waals surface area contributed by atoms with Crippen LogP contribution in [0.25, 0.3) is 11.0 Å². The van der Waals surface area contributed by atoms with E-state index in [0.717, 1.165) is 17.5 Å². The van der Waals surface area contributed by atoms with Gasteiger partial charge in [-0.05, 0) is 24.6 Å². The summed E-state index contributed by atoms with van der Waals surface area (Å²) in [6.45, 7) is 0.372. The molecule has 1 aromatic carbocycles. The molecule has 1 atom stereocenters. The number of carbonyl (C=O) groups is 2. The van der Waals surface area contributed by atoms with E-state index in [1.165, 1.54) is 6.33 Å². The molecule has 4 rings (SSSR count). The second-order valence-corrected chi connectivity index (χ2v) is 6.01. The van der Waals surface area contributed by atoms with Crippen molar-refractivity contribution in [3.63, 3.8) is 0 Å². The van der Waals surface area contributed by atoms with E-state index >= 15 is 0 Å². The number of aromatic amines is 2. The van der Waals surface area contributed by atoms with Crippen molar-refractivity contribution in [3.05, 3.63) is 54.1 Å². The fraction of sp³-hybridized carbons (Fsp3) is 0.167. The first-order valence-electron chi connectivity index (χ1n) is 8.46. The SMILES string of the molecule is O=C(NCC1CC=CC=N1)c1nc[nH]c1C(=O)Nc1nc2ccccc2[nH]1. The van der Waals surface area contributed by atoms with E-state index in [1.54, 1.807) is 6.21 Å². The number of dihydropyridines is 1. The quantitative estimate of drug-likeness (QED) is 0.549. The second-order valence-electron chi connectivity index (χ2n) is 6.01. The van der Waals surface area contributed by atoms with Gasteiger partial charge in [-0.15, -0.1) is 0 Å². The van der Waals surface area contributed by atoms with Crippen LogP contribution in [0.15, 0.2) is 47.7 Å². The van der Waals surface area contributed by atoms with Crippen molar-refractivity contribution >= 4 is 35.0 Å². The van der Waals surface area contributed by atoms with Crippen molar-refractivity contribution in [2.75, 3.05) is 11.9 Å². The zero-order chi connectivity index (χ0) is 18.6. The summed E-state index contributed by atoms with van der Waals surface area (Å²) in [5.41, 5.74) is 1.63. The molecule has 1 aliphatic heterocycles. The van der Waals surface area contributed by atoms with Gasteiger partial charge in [0.15, 0.2) is 5.69 Å². The Morgan fingerprint density at radius 2 is 2.11 bits per heavy atom. The average molecular weight is 363 g/mol. The highest BCUT2D eigenvalue weighted by Gasteiger charge is 2.22. The van der Waals surface area contributed by atoms with E-state index in [2.05, 4.69) is 35.6 Å². The van der Waals surface area contributed by atoms with E-state index in [1.807, 2.05) is 36.4 Å². The molecule has 136 valence electrons. The summed E-state index contributed by atoms with van der Waals surface area (Å²) in [4.78, 5) is 43.2.